The second-order valence-electron chi connectivity index (χ2n) is 17.2. The Morgan fingerprint density at radius 2 is 1.38 bits per heavy atom. The molecule has 348 valence electrons. The third kappa shape index (κ3) is 10.7. The molecule has 0 aromatic heterocycles. The van der Waals surface area contributed by atoms with Crippen molar-refractivity contribution in [1.29, 1.82) is 0 Å². The smallest absolute Gasteiger partial charge is 0.303 e. The summed E-state index contributed by atoms with van der Waals surface area (Å²) in [6.45, 7) is 12.0. The molecule has 6 N–H and O–H groups in total. The Morgan fingerprint density at radius 3 is 1.95 bits per heavy atom. The van der Waals surface area contributed by atoms with Crippen LogP contribution in [0.3, 0.4) is 0 Å². The number of nitrogens with one attached hydrogen (secondary N) is 2. The van der Waals surface area contributed by atoms with E-state index in [0.717, 1.165) is 22.8 Å². The maximum Gasteiger partial charge on any atom is 0.303 e. The van der Waals surface area contributed by atoms with E-state index in [4.69, 9.17) is 5.11 Å². The minimum absolute atomic E-state index is 0.0463. The number of carbonyl (C=O) groups excluding carboxylic acids is 2. The van der Waals surface area contributed by atoms with Gasteiger partial charge in [0.15, 0.2) is 5.71 Å². The summed E-state index contributed by atoms with van der Waals surface area (Å²) in [4.78, 5) is 41.5. The molecule has 1 aliphatic carbocycles. The van der Waals surface area contributed by atoms with Gasteiger partial charge in [0.1, 0.15) is 12.0 Å². The molecule has 2 aromatic carbocycles. The van der Waals surface area contributed by atoms with E-state index in [1.54, 1.807) is 24.3 Å². The molecule has 3 aliphatic rings. The van der Waals surface area contributed by atoms with Crippen LogP contribution in [0.5, 0.6) is 0 Å². The Kier molecular flexibility index (Phi) is 14.7. The monoisotopic (exact) mass is 945 g/mol. The van der Waals surface area contributed by atoms with Gasteiger partial charge in [-0.3, -0.25) is 28.0 Å². The molecule has 2 heterocycles. The number of amides is 2. The summed E-state index contributed by atoms with van der Waals surface area (Å²) in [5, 5.41) is 14.4. The summed E-state index contributed by atoms with van der Waals surface area (Å²) < 4.78 is 103. The van der Waals surface area contributed by atoms with Crippen LogP contribution in [0.1, 0.15) is 91.2 Å². The summed E-state index contributed by atoms with van der Waals surface area (Å²) >= 11 is 0. The molecule has 2 aromatic rings. The number of rotatable bonds is 18. The zero-order valence-electron chi connectivity index (χ0n) is 36.7. The molecule has 20 heteroatoms. The van der Waals surface area contributed by atoms with Crippen LogP contribution >= 0.6 is 0 Å². The Bertz CT molecular complexity index is 2730. The van der Waals surface area contributed by atoms with E-state index >= 15 is 0 Å². The van der Waals surface area contributed by atoms with E-state index in [-0.39, 0.29) is 35.6 Å². The lowest BCUT2D eigenvalue weighted by Crippen LogP contribution is -2.53. The number of fused-ring (bicyclic) bond motifs is 2. The van der Waals surface area contributed by atoms with Crippen LogP contribution in [0, 0.1) is 5.41 Å². The lowest BCUT2D eigenvalue weighted by atomic mass is 9.70. The minimum Gasteiger partial charge on any atom is -0.481 e. The second kappa shape index (κ2) is 18.9. The first-order valence-electron chi connectivity index (χ1n) is 20.9. The van der Waals surface area contributed by atoms with E-state index in [1.807, 2.05) is 69.2 Å². The number of aliphatic carboxylic acids is 1. The van der Waals surface area contributed by atoms with Gasteiger partial charge in [-0.15, -0.1) is 0 Å². The number of hydrogen-bond donors (Lipinski definition) is 6. The van der Waals surface area contributed by atoms with E-state index in [2.05, 4.69) is 10.6 Å². The highest BCUT2D eigenvalue weighted by Crippen LogP contribution is 2.49. The van der Waals surface area contributed by atoms with Crippen LogP contribution in [0.25, 0.3) is 0 Å². The third-order valence-electron chi connectivity index (χ3n) is 12.1. The summed E-state index contributed by atoms with van der Waals surface area (Å²) in [6.07, 6.45) is 9.94. The van der Waals surface area contributed by atoms with Crippen molar-refractivity contribution in [1.82, 2.24) is 10.6 Å². The topological polar surface area (TPSA) is 265 Å². The molecule has 17 nitrogen and oxygen atoms in total. The highest BCUT2D eigenvalue weighted by atomic mass is 32.2. The first kappa shape index (κ1) is 50.0. The normalized spacial score (nSPS) is 20.7. The lowest BCUT2D eigenvalue weighted by Gasteiger charge is -2.35. The zero-order chi connectivity index (χ0) is 47.6. The highest BCUT2D eigenvalue weighted by Gasteiger charge is 2.49. The molecule has 0 saturated carbocycles. The molecular formula is C44H57N4O13S3+. The average Bonchev–Trinajstić information content (AvgIpc) is 3.55. The Hall–Kier alpha value is -4.99. The SMILES string of the molecule is CCN1/C(=C/C=C2C=C(/C=C/C3=[N+](CC)c4ccc(S(=O)(=O)O)cc4C3(C)C)CC(C(=O)NCCCCCC(=O)O)(C(=O)NCCS(=O)(=O)O)C/2)C(C)(C)c2cc(S(=O)(=O)O)ccc21. The number of carbonyl (C=O) groups is 3. The molecule has 0 saturated heterocycles. The van der Waals surface area contributed by atoms with E-state index in [1.165, 1.54) is 24.3 Å². The van der Waals surface area contributed by atoms with Gasteiger partial charge in [-0.1, -0.05) is 38.5 Å². The van der Waals surface area contributed by atoms with Gasteiger partial charge < -0.3 is 20.6 Å². The molecule has 0 radical (unpaired) electrons. The van der Waals surface area contributed by atoms with Crippen molar-refractivity contribution in [2.45, 2.75) is 101 Å². The van der Waals surface area contributed by atoms with Gasteiger partial charge in [0.05, 0.1) is 21.0 Å². The van der Waals surface area contributed by atoms with Crippen LogP contribution in [0.4, 0.5) is 11.4 Å². The number of nitrogens with zero attached hydrogens (tertiary/aromatic N) is 2. The Balaban J connectivity index is 1.64. The van der Waals surface area contributed by atoms with Crippen molar-refractivity contribution in [2.75, 3.05) is 36.8 Å². The van der Waals surface area contributed by atoms with Crippen molar-refractivity contribution >= 4 is 65.2 Å². The van der Waals surface area contributed by atoms with Crippen molar-refractivity contribution in [3.63, 3.8) is 0 Å². The number of likely N-dealkylation sites (N-methyl/N-ethyl adjacent to an activating group) is 1. The fourth-order valence-electron chi connectivity index (χ4n) is 8.83. The molecule has 5 rings (SSSR count). The number of carboxylic acids is 1. The van der Waals surface area contributed by atoms with Gasteiger partial charge >= 0.3 is 5.97 Å². The molecule has 1 unspecified atom stereocenters. The molecule has 0 bridgehead atoms. The van der Waals surface area contributed by atoms with Crippen molar-refractivity contribution in [3.8, 4) is 0 Å². The minimum atomic E-state index is -4.51. The summed E-state index contributed by atoms with van der Waals surface area (Å²) in [5.74, 6) is -3.22. The van der Waals surface area contributed by atoms with Crippen LogP contribution in [-0.4, -0.2) is 104 Å². The molecule has 0 spiro atoms. The van der Waals surface area contributed by atoms with Gasteiger partial charge in [-0.25, -0.2) is 0 Å². The Labute approximate surface area is 375 Å². The van der Waals surface area contributed by atoms with Gasteiger partial charge in [0, 0.05) is 60.6 Å². The quantitative estimate of drug-likeness (QED) is 0.0484. The molecule has 64 heavy (non-hydrogen) atoms. The predicted molar refractivity (Wildman–Crippen MR) is 241 cm³/mol. The van der Waals surface area contributed by atoms with Gasteiger partial charge in [0.2, 0.25) is 17.5 Å². The van der Waals surface area contributed by atoms with Gasteiger partial charge in [-0.05, 0) is 106 Å². The fraction of sp³-hybridized carbons (Fsp3) is 0.455. The average molecular weight is 946 g/mol. The van der Waals surface area contributed by atoms with Crippen LogP contribution in [0.2, 0.25) is 0 Å². The van der Waals surface area contributed by atoms with Crippen molar-refractivity contribution < 1.29 is 63.0 Å². The standard InChI is InChI=1S/C44H56N4O13S3/c1-7-47-35-17-15-31(63(56,57)58)25-33(35)42(3,4)37(47)19-13-29-24-30(14-20-38-43(5,6)34-26-32(64(59,60)61)16-18-36(34)48(38)8-2)28-44(27-29,41(52)46-22-23-62(53,54)55)40(51)45-21-11-9-10-12-39(49)50/h13-20,24-26H,7-12,21-23,27-28H2,1-6H3,(H5-,45,46,49,50,51,52,53,54,55,56,57,58,59,60,61)/p+1. The fourth-order valence-corrected chi connectivity index (χ4v) is 10.2. The van der Waals surface area contributed by atoms with E-state index in [0.29, 0.717) is 54.6 Å². The second-order valence-corrected chi connectivity index (χ2v) is 21.6. The first-order valence-corrected chi connectivity index (χ1v) is 25.4. The third-order valence-corrected chi connectivity index (χ3v) is 14.5. The van der Waals surface area contributed by atoms with Crippen LogP contribution < -0.4 is 15.5 Å². The number of carboxylic acid groups (broad SMARTS) is 1. The maximum absolute atomic E-state index is 14.5. The molecular weight excluding hydrogens is 889 g/mol. The van der Waals surface area contributed by atoms with Crippen molar-refractivity contribution in [2.24, 2.45) is 5.41 Å². The number of hydrogen-bond acceptors (Lipinski definition) is 10. The number of unbranched alkanes of at least 4 members (excludes halogenated alkanes) is 2. The summed E-state index contributed by atoms with van der Waals surface area (Å²) in [7, 11) is -13.5. The molecule has 2 amide bonds. The number of benzene rings is 2. The zero-order valence-corrected chi connectivity index (χ0v) is 39.2. The largest absolute Gasteiger partial charge is 0.481 e. The number of anilines is 1. The van der Waals surface area contributed by atoms with Gasteiger partial charge in [0.25, 0.3) is 30.4 Å². The van der Waals surface area contributed by atoms with E-state index < -0.39 is 76.7 Å². The highest BCUT2D eigenvalue weighted by molar-refractivity contribution is 7.86. The lowest BCUT2D eigenvalue weighted by molar-refractivity contribution is -0.433. The van der Waals surface area contributed by atoms with Crippen LogP contribution in [0.15, 0.2) is 93.4 Å². The Morgan fingerprint density at radius 1 is 0.766 bits per heavy atom. The molecule has 2 aliphatic heterocycles. The number of allylic oxidation sites excluding steroid dienone is 8. The summed E-state index contributed by atoms with van der Waals surface area (Å²) in [6, 6.07) is 8.76. The van der Waals surface area contributed by atoms with E-state index in [9.17, 15) is 53.3 Å². The maximum atomic E-state index is 14.5. The van der Waals surface area contributed by atoms with Gasteiger partial charge in [-0.2, -0.15) is 29.8 Å². The molecule has 0 fully saturated rings. The molecule has 1 atom stereocenters. The summed E-state index contributed by atoms with van der Waals surface area (Å²) in [5.41, 5.74) is 1.84. The van der Waals surface area contributed by atoms with Crippen LogP contribution in [-0.2, 0) is 55.6 Å². The predicted octanol–water partition coefficient (Wildman–Crippen LogP) is 5.23. The van der Waals surface area contributed by atoms with Crippen molar-refractivity contribution in [3.05, 3.63) is 94.7 Å². The first-order chi connectivity index (χ1) is 29.7.